The van der Waals surface area contributed by atoms with Gasteiger partial charge in [-0.25, -0.2) is 4.39 Å². The van der Waals surface area contributed by atoms with Gasteiger partial charge in [0.2, 0.25) is 5.91 Å². The molecule has 0 spiro atoms. The molecule has 0 aliphatic carbocycles. The van der Waals surface area contributed by atoms with E-state index >= 15 is 0 Å². The third kappa shape index (κ3) is 4.15. The van der Waals surface area contributed by atoms with E-state index in [2.05, 4.69) is 10.6 Å². The summed E-state index contributed by atoms with van der Waals surface area (Å²) in [6.45, 7) is 6.76. The van der Waals surface area contributed by atoms with E-state index in [9.17, 15) is 9.18 Å². The Labute approximate surface area is 101 Å². The van der Waals surface area contributed by atoms with Crippen LogP contribution in [0, 0.1) is 5.82 Å². The minimum Gasteiger partial charge on any atom is -0.350 e. The first kappa shape index (κ1) is 13.6. The van der Waals surface area contributed by atoms with Crippen molar-refractivity contribution in [2.75, 3.05) is 6.54 Å². The van der Waals surface area contributed by atoms with Gasteiger partial charge in [0.25, 0.3) is 0 Å². The van der Waals surface area contributed by atoms with Gasteiger partial charge < -0.3 is 10.6 Å². The van der Waals surface area contributed by atoms with Crippen LogP contribution in [-0.4, -0.2) is 18.0 Å². The normalized spacial score (nSPS) is 11.3. The van der Waals surface area contributed by atoms with E-state index in [0.717, 1.165) is 12.1 Å². The van der Waals surface area contributed by atoms with Crippen LogP contribution in [0.5, 0.6) is 0 Å². The van der Waals surface area contributed by atoms with Gasteiger partial charge in [-0.3, -0.25) is 4.79 Å². The summed E-state index contributed by atoms with van der Waals surface area (Å²) in [5, 5.41) is 5.91. The van der Waals surface area contributed by atoms with Gasteiger partial charge in [0.15, 0.2) is 0 Å². The van der Waals surface area contributed by atoms with E-state index in [1.54, 1.807) is 12.1 Å². The maximum Gasteiger partial charge on any atom is 0.239 e. The quantitative estimate of drug-likeness (QED) is 0.821. The molecule has 0 aromatic heterocycles. The first-order valence-electron chi connectivity index (χ1n) is 5.73. The lowest BCUT2D eigenvalue weighted by molar-refractivity contribution is -0.126. The minimum absolute atomic E-state index is 0.0660. The Bertz CT molecular complexity index is 374. The fraction of sp³-hybridized carbons (Fsp3) is 0.462. The molecule has 3 nitrogen and oxygen atoms in total. The van der Waals surface area contributed by atoms with Gasteiger partial charge in [-0.15, -0.1) is 0 Å². The van der Waals surface area contributed by atoms with Crippen molar-refractivity contribution < 1.29 is 9.18 Å². The average Bonchev–Trinajstić information content (AvgIpc) is 2.27. The SMILES string of the molecule is CCNC(C)(C)C(=O)NCc1ccc(F)cc1. The second-order valence-corrected chi connectivity index (χ2v) is 4.46. The second-order valence-electron chi connectivity index (χ2n) is 4.46. The monoisotopic (exact) mass is 238 g/mol. The average molecular weight is 238 g/mol. The summed E-state index contributed by atoms with van der Waals surface area (Å²) in [7, 11) is 0. The number of benzene rings is 1. The summed E-state index contributed by atoms with van der Waals surface area (Å²) in [5.41, 5.74) is 0.293. The Morgan fingerprint density at radius 2 is 1.88 bits per heavy atom. The molecule has 0 atom stereocenters. The van der Waals surface area contributed by atoms with Crippen LogP contribution in [0.4, 0.5) is 4.39 Å². The topological polar surface area (TPSA) is 41.1 Å². The van der Waals surface area contributed by atoms with Crippen LogP contribution in [0.2, 0.25) is 0 Å². The van der Waals surface area contributed by atoms with Gasteiger partial charge in [-0.2, -0.15) is 0 Å². The molecular formula is C13H19FN2O. The number of rotatable bonds is 5. The number of nitrogens with one attached hydrogen (secondary N) is 2. The number of hydrogen-bond donors (Lipinski definition) is 2. The van der Waals surface area contributed by atoms with Crippen molar-refractivity contribution >= 4 is 5.91 Å². The van der Waals surface area contributed by atoms with Crippen molar-refractivity contribution in [2.24, 2.45) is 0 Å². The van der Waals surface area contributed by atoms with Gasteiger partial charge in [0.05, 0.1) is 5.54 Å². The zero-order valence-corrected chi connectivity index (χ0v) is 10.5. The molecule has 1 amide bonds. The Hall–Kier alpha value is -1.42. The van der Waals surface area contributed by atoms with Gasteiger partial charge >= 0.3 is 0 Å². The van der Waals surface area contributed by atoms with Crippen LogP contribution in [0.15, 0.2) is 24.3 Å². The summed E-state index contributed by atoms with van der Waals surface area (Å²) in [4.78, 5) is 11.8. The molecule has 0 saturated heterocycles. The van der Waals surface area contributed by atoms with Crippen molar-refractivity contribution in [3.05, 3.63) is 35.6 Å². The summed E-state index contributed by atoms with van der Waals surface area (Å²) in [5.74, 6) is -0.336. The lowest BCUT2D eigenvalue weighted by Crippen LogP contribution is -2.52. The molecule has 0 fully saturated rings. The molecule has 1 rings (SSSR count). The van der Waals surface area contributed by atoms with Gasteiger partial charge in [0, 0.05) is 6.54 Å². The van der Waals surface area contributed by atoms with E-state index in [0.29, 0.717) is 6.54 Å². The van der Waals surface area contributed by atoms with E-state index in [-0.39, 0.29) is 11.7 Å². The lowest BCUT2D eigenvalue weighted by atomic mass is 10.0. The zero-order valence-electron chi connectivity index (χ0n) is 10.5. The maximum absolute atomic E-state index is 12.7. The van der Waals surface area contributed by atoms with Crippen molar-refractivity contribution in [1.82, 2.24) is 10.6 Å². The molecule has 94 valence electrons. The highest BCUT2D eigenvalue weighted by Gasteiger charge is 2.25. The molecule has 0 bridgehead atoms. The Kier molecular flexibility index (Phi) is 4.63. The summed E-state index contributed by atoms with van der Waals surface area (Å²) < 4.78 is 12.7. The Morgan fingerprint density at radius 3 is 2.41 bits per heavy atom. The van der Waals surface area contributed by atoms with E-state index < -0.39 is 5.54 Å². The van der Waals surface area contributed by atoms with Crippen LogP contribution >= 0.6 is 0 Å². The molecule has 0 aliphatic heterocycles. The molecule has 17 heavy (non-hydrogen) atoms. The molecule has 0 heterocycles. The minimum atomic E-state index is -0.589. The van der Waals surface area contributed by atoms with Crippen LogP contribution < -0.4 is 10.6 Å². The van der Waals surface area contributed by atoms with Crippen LogP contribution in [0.1, 0.15) is 26.3 Å². The number of carbonyl (C=O) groups excluding carboxylic acids is 1. The standard InChI is InChI=1S/C13H19FN2O/c1-4-16-13(2,3)12(17)15-9-10-5-7-11(14)8-6-10/h5-8,16H,4,9H2,1-3H3,(H,15,17). The highest BCUT2D eigenvalue weighted by atomic mass is 19.1. The molecule has 0 radical (unpaired) electrons. The number of likely N-dealkylation sites (N-methyl/N-ethyl adjacent to an activating group) is 1. The third-order valence-electron chi connectivity index (χ3n) is 2.55. The summed E-state index contributed by atoms with van der Waals surface area (Å²) in [6, 6.07) is 6.10. The predicted octanol–water partition coefficient (Wildman–Crippen LogP) is 1.83. The lowest BCUT2D eigenvalue weighted by Gasteiger charge is -2.24. The number of halogens is 1. The van der Waals surface area contributed by atoms with E-state index in [4.69, 9.17) is 0 Å². The second kappa shape index (κ2) is 5.77. The molecule has 4 heteroatoms. The van der Waals surface area contributed by atoms with Crippen molar-refractivity contribution in [3.8, 4) is 0 Å². The van der Waals surface area contributed by atoms with Gasteiger partial charge in [-0.05, 0) is 38.1 Å². The molecule has 0 aliphatic rings. The van der Waals surface area contributed by atoms with E-state index in [1.165, 1.54) is 12.1 Å². The highest BCUT2D eigenvalue weighted by Crippen LogP contribution is 2.05. The van der Waals surface area contributed by atoms with Gasteiger partial charge in [0.1, 0.15) is 5.82 Å². The zero-order chi connectivity index (χ0) is 12.9. The summed E-state index contributed by atoms with van der Waals surface area (Å²) >= 11 is 0. The molecule has 1 aromatic carbocycles. The number of carbonyl (C=O) groups is 1. The van der Waals surface area contributed by atoms with E-state index in [1.807, 2.05) is 20.8 Å². The molecule has 0 unspecified atom stereocenters. The maximum atomic E-state index is 12.7. The fourth-order valence-electron chi connectivity index (χ4n) is 1.53. The van der Waals surface area contributed by atoms with Crippen molar-refractivity contribution in [1.29, 1.82) is 0 Å². The number of amides is 1. The van der Waals surface area contributed by atoms with Crippen LogP contribution in [0.3, 0.4) is 0 Å². The number of hydrogen-bond acceptors (Lipinski definition) is 2. The van der Waals surface area contributed by atoms with Crippen molar-refractivity contribution in [3.63, 3.8) is 0 Å². The molecule has 2 N–H and O–H groups in total. The smallest absolute Gasteiger partial charge is 0.239 e. The third-order valence-corrected chi connectivity index (χ3v) is 2.55. The largest absolute Gasteiger partial charge is 0.350 e. The fourth-order valence-corrected chi connectivity index (χ4v) is 1.53. The first-order chi connectivity index (χ1) is 7.95. The molecule has 1 aromatic rings. The van der Waals surface area contributed by atoms with Crippen LogP contribution in [-0.2, 0) is 11.3 Å². The first-order valence-corrected chi connectivity index (χ1v) is 5.73. The Morgan fingerprint density at radius 1 is 1.29 bits per heavy atom. The van der Waals surface area contributed by atoms with Gasteiger partial charge in [-0.1, -0.05) is 19.1 Å². The van der Waals surface area contributed by atoms with Crippen molar-refractivity contribution in [2.45, 2.75) is 32.9 Å². The summed E-state index contributed by atoms with van der Waals surface area (Å²) in [6.07, 6.45) is 0. The Balaban J connectivity index is 2.50. The molecule has 0 saturated carbocycles. The highest BCUT2D eigenvalue weighted by molar-refractivity contribution is 5.85. The van der Waals surface area contributed by atoms with Crippen LogP contribution in [0.25, 0.3) is 0 Å². The predicted molar refractivity (Wildman–Crippen MR) is 66.0 cm³/mol. The molecular weight excluding hydrogens is 219 g/mol.